The van der Waals surface area contributed by atoms with Gasteiger partial charge in [-0.1, -0.05) is 27.2 Å². The van der Waals surface area contributed by atoms with E-state index < -0.39 is 5.97 Å². The van der Waals surface area contributed by atoms with Crippen molar-refractivity contribution in [3.63, 3.8) is 0 Å². The number of anilines is 1. The summed E-state index contributed by atoms with van der Waals surface area (Å²) in [7, 11) is 0. The van der Waals surface area contributed by atoms with Crippen molar-refractivity contribution >= 4 is 11.7 Å². The Morgan fingerprint density at radius 1 is 1.39 bits per heavy atom. The summed E-state index contributed by atoms with van der Waals surface area (Å²) in [5, 5.41) is 11.7. The van der Waals surface area contributed by atoms with E-state index in [9.17, 15) is 4.79 Å². The largest absolute Gasteiger partial charge is 0.486 e. The van der Waals surface area contributed by atoms with E-state index in [1.165, 1.54) is 12.8 Å². The fraction of sp³-hybridized carbons (Fsp3) is 0.632. The molecular weight excluding hydrogens is 290 g/mol. The van der Waals surface area contributed by atoms with Gasteiger partial charge < -0.3 is 15.2 Å². The number of nitrogens with one attached hydrogen (secondary N) is 1. The van der Waals surface area contributed by atoms with Gasteiger partial charge >= 0.3 is 5.97 Å². The Morgan fingerprint density at radius 2 is 2.13 bits per heavy atom. The normalized spacial score (nSPS) is 31.1. The van der Waals surface area contributed by atoms with Gasteiger partial charge in [0.1, 0.15) is 17.9 Å². The molecule has 0 heterocycles. The monoisotopic (exact) mass is 317 g/mol. The second kappa shape index (κ2) is 5.43. The Bertz CT molecular complexity index is 625. The molecule has 126 valence electrons. The third-order valence-corrected chi connectivity index (χ3v) is 5.97. The maximum atomic E-state index is 10.7. The molecule has 0 radical (unpaired) electrons. The third kappa shape index (κ3) is 2.68. The highest BCUT2D eigenvalue weighted by atomic mass is 16.5. The molecule has 3 atom stereocenters. The number of benzene rings is 1. The number of aliphatic carboxylic acids is 1. The topological polar surface area (TPSA) is 58.6 Å². The van der Waals surface area contributed by atoms with Crippen LogP contribution in [0.1, 0.15) is 45.6 Å². The average Bonchev–Trinajstić information content (AvgIpc) is 2.92. The molecule has 2 aliphatic rings. The van der Waals surface area contributed by atoms with Crippen LogP contribution in [0.4, 0.5) is 5.69 Å². The van der Waals surface area contributed by atoms with Crippen LogP contribution < -0.4 is 10.1 Å². The van der Waals surface area contributed by atoms with Crippen molar-refractivity contribution in [1.29, 1.82) is 0 Å². The quantitative estimate of drug-likeness (QED) is 0.859. The van der Waals surface area contributed by atoms with E-state index in [4.69, 9.17) is 9.84 Å². The summed E-state index contributed by atoms with van der Waals surface area (Å²) in [5.41, 5.74) is 2.08. The average molecular weight is 317 g/mol. The second-order valence-electron chi connectivity index (χ2n) is 7.88. The standard InChI is InChI=1S/C19H27NO3/c1-12-5-8-16-18(3,4)19(16,10-12)23-14-6-7-15(13(2)9-14)20-11-17(21)22/h6-7,9,12,16,20H,5,8,10-11H2,1-4H3,(H,21,22). The molecule has 2 fully saturated rings. The van der Waals surface area contributed by atoms with Gasteiger partial charge in [0.15, 0.2) is 0 Å². The fourth-order valence-electron chi connectivity index (χ4n) is 4.52. The minimum atomic E-state index is -0.859. The Morgan fingerprint density at radius 3 is 2.78 bits per heavy atom. The zero-order chi connectivity index (χ0) is 16.8. The molecule has 3 unspecified atom stereocenters. The second-order valence-corrected chi connectivity index (χ2v) is 7.88. The Hall–Kier alpha value is -1.71. The molecule has 0 aliphatic heterocycles. The highest BCUT2D eigenvalue weighted by Gasteiger charge is 2.74. The van der Waals surface area contributed by atoms with Gasteiger partial charge in [0.2, 0.25) is 0 Å². The van der Waals surface area contributed by atoms with Crippen molar-refractivity contribution in [2.45, 2.75) is 52.6 Å². The summed E-state index contributed by atoms with van der Waals surface area (Å²) >= 11 is 0. The number of hydrogen-bond donors (Lipinski definition) is 2. The van der Waals surface area contributed by atoms with Gasteiger partial charge in [-0.2, -0.15) is 0 Å². The van der Waals surface area contributed by atoms with E-state index in [0.717, 1.165) is 23.4 Å². The van der Waals surface area contributed by atoms with Gasteiger partial charge in [-0.25, -0.2) is 0 Å². The lowest BCUT2D eigenvalue weighted by atomic mass is 9.88. The predicted octanol–water partition coefficient (Wildman–Crippen LogP) is 4.09. The van der Waals surface area contributed by atoms with E-state index in [-0.39, 0.29) is 17.6 Å². The molecule has 1 aromatic carbocycles. The first-order valence-corrected chi connectivity index (χ1v) is 8.51. The van der Waals surface area contributed by atoms with E-state index >= 15 is 0 Å². The van der Waals surface area contributed by atoms with Crippen molar-refractivity contribution in [1.82, 2.24) is 0 Å². The number of carbonyl (C=O) groups is 1. The van der Waals surface area contributed by atoms with E-state index in [1.807, 2.05) is 25.1 Å². The molecule has 3 rings (SSSR count). The third-order valence-electron chi connectivity index (χ3n) is 5.97. The molecule has 4 nitrogen and oxygen atoms in total. The molecule has 1 aromatic rings. The number of carboxylic acid groups (broad SMARTS) is 1. The molecule has 2 saturated carbocycles. The highest BCUT2D eigenvalue weighted by molar-refractivity contribution is 5.73. The van der Waals surface area contributed by atoms with Crippen molar-refractivity contribution in [2.75, 3.05) is 11.9 Å². The molecule has 0 bridgehead atoms. The SMILES string of the molecule is Cc1cc(OC23CC(C)CCC2C3(C)C)ccc1NCC(=O)O. The van der Waals surface area contributed by atoms with E-state index in [1.54, 1.807) is 0 Å². The smallest absolute Gasteiger partial charge is 0.322 e. The summed E-state index contributed by atoms with van der Waals surface area (Å²) in [6.45, 7) is 8.88. The van der Waals surface area contributed by atoms with Gasteiger partial charge in [0.05, 0.1) is 0 Å². The van der Waals surface area contributed by atoms with Gasteiger partial charge in [-0.3, -0.25) is 4.79 Å². The molecule has 23 heavy (non-hydrogen) atoms. The molecule has 0 aromatic heterocycles. The predicted molar refractivity (Wildman–Crippen MR) is 90.9 cm³/mol. The molecule has 4 heteroatoms. The summed E-state index contributed by atoms with van der Waals surface area (Å²) in [5.74, 6) is 1.40. The lowest BCUT2D eigenvalue weighted by molar-refractivity contribution is -0.134. The van der Waals surface area contributed by atoms with Crippen LogP contribution in [-0.2, 0) is 4.79 Å². The summed E-state index contributed by atoms with van der Waals surface area (Å²) in [4.78, 5) is 10.7. The zero-order valence-electron chi connectivity index (χ0n) is 14.5. The van der Waals surface area contributed by atoms with Crippen LogP contribution in [0.5, 0.6) is 5.75 Å². The Labute approximate surface area is 138 Å². The Kier molecular flexibility index (Phi) is 3.81. The van der Waals surface area contributed by atoms with E-state index in [2.05, 4.69) is 26.1 Å². The van der Waals surface area contributed by atoms with Crippen LogP contribution in [0.25, 0.3) is 0 Å². The maximum absolute atomic E-state index is 10.7. The lowest BCUT2D eigenvalue weighted by Gasteiger charge is -2.29. The zero-order valence-corrected chi connectivity index (χ0v) is 14.5. The maximum Gasteiger partial charge on any atom is 0.322 e. The molecular formula is C19H27NO3. The minimum Gasteiger partial charge on any atom is -0.486 e. The number of aryl methyl sites for hydroxylation is 1. The van der Waals surface area contributed by atoms with Crippen molar-refractivity contribution in [3.8, 4) is 5.75 Å². The van der Waals surface area contributed by atoms with Crippen LogP contribution in [0.15, 0.2) is 18.2 Å². The van der Waals surface area contributed by atoms with Crippen molar-refractivity contribution in [3.05, 3.63) is 23.8 Å². The number of fused-ring (bicyclic) bond motifs is 1. The first-order valence-electron chi connectivity index (χ1n) is 8.51. The number of hydrogen-bond acceptors (Lipinski definition) is 3. The van der Waals surface area contributed by atoms with Crippen LogP contribution in [0.3, 0.4) is 0 Å². The first-order chi connectivity index (χ1) is 10.8. The molecule has 2 aliphatic carbocycles. The van der Waals surface area contributed by atoms with Gasteiger partial charge in [0.25, 0.3) is 0 Å². The molecule has 0 spiro atoms. The van der Waals surface area contributed by atoms with Crippen LogP contribution in [-0.4, -0.2) is 23.2 Å². The van der Waals surface area contributed by atoms with Gasteiger partial charge in [-0.05, 0) is 49.4 Å². The van der Waals surface area contributed by atoms with Crippen LogP contribution in [0.2, 0.25) is 0 Å². The van der Waals surface area contributed by atoms with Gasteiger partial charge in [-0.15, -0.1) is 0 Å². The number of ether oxygens (including phenoxy) is 1. The van der Waals surface area contributed by atoms with E-state index in [0.29, 0.717) is 11.8 Å². The highest BCUT2D eigenvalue weighted by Crippen LogP contribution is 2.70. The Balaban J connectivity index is 1.76. The molecule has 0 amide bonds. The van der Waals surface area contributed by atoms with Crippen LogP contribution in [0, 0.1) is 24.2 Å². The van der Waals surface area contributed by atoms with Gasteiger partial charge in [0, 0.05) is 17.0 Å². The molecule has 0 saturated heterocycles. The number of rotatable bonds is 5. The first kappa shape index (κ1) is 16.2. The fourth-order valence-corrected chi connectivity index (χ4v) is 4.52. The lowest BCUT2D eigenvalue weighted by Crippen LogP contribution is -2.30. The molecule has 2 N–H and O–H groups in total. The van der Waals surface area contributed by atoms with Crippen LogP contribution >= 0.6 is 0 Å². The van der Waals surface area contributed by atoms with Crippen molar-refractivity contribution < 1.29 is 14.6 Å². The minimum absolute atomic E-state index is 0.0207. The van der Waals surface area contributed by atoms with Crippen molar-refractivity contribution in [2.24, 2.45) is 17.3 Å². The summed E-state index contributed by atoms with van der Waals surface area (Å²) in [6, 6.07) is 5.89. The summed E-state index contributed by atoms with van der Waals surface area (Å²) < 4.78 is 6.52. The summed E-state index contributed by atoms with van der Waals surface area (Å²) in [6.07, 6.45) is 3.68. The number of carboxylic acids is 1.